The van der Waals surface area contributed by atoms with Crippen molar-refractivity contribution in [3.8, 4) is 35.5 Å². The van der Waals surface area contributed by atoms with Gasteiger partial charge in [0.05, 0.1) is 9.75 Å². The third-order valence-corrected chi connectivity index (χ3v) is 2.70. The van der Waals surface area contributed by atoms with Crippen molar-refractivity contribution in [3.05, 3.63) is 21.9 Å². The molecule has 0 amide bonds. The van der Waals surface area contributed by atoms with Crippen LogP contribution in [0.4, 0.5) is 0 Å². The fraction of sp³-hybridized carbons (Fsp3) is 0.267. The highest BCUT2D eigenvalue weighted by molar-refractivity contribution is 7.13. The largest absolute Gasteiger partial charge is 0.462 e. The molecule has 0 aromatic carbocycles. The molecule has 1 N–H and O–H groups in total. The van der Waals surface area contributed by atoms with Crippen LogP contribution in [-0.2, 0) is 9.53 Å². The van der Waals surface area contributed by atoms with Crippen LogP contribution in [0.5, 0.6) is 0 Å². The van der Waals surface area contributed by atoms with Gasteiger partial charge in [0.25, 0.3) is 0 Å². The molecule has 1 rings (SSSR count). The van der Waals surface area contributed by atoms with Gasteiger partial charge in [-0.05, 0) is 36.8 Å². The number of aliphatic hydroxyl groups is 1. The molecule has 0 saturated heterocycles. The smallest absolute Gasteiger partial charge is 0.302 e. The Balaban J connectivity index is 2.61. The maximum absolute atomic E-state index is 10.5. The van der Waals surface area contributed by atoms with E-state index in [4.69, 9.17) is 0 Å². The minimum atomic E-state index is -0.980. The van der Waals surface area contributed by atoms with Crippen LogP contribution in [0, 0.1) is 35.5 Å². The summed E-state index contributed by atoms with van der Waals surface area (Å²) in [6.07, 6.45) is -0.980. The van der Waals surface area contributed by atoms with Gasteiger partial charge in [-0.3, -0.25) is 4.79 Å². The van der Waals surface area contributed by atoms with Crippen molar-refractivity contribution in [1.82, 2.24) is 0 Å². The first-order valence-electron chi connectivity index (χ1n) is 5.47. The fourth-order valence-electron chi connectivity index (χ4n) is 1.02. The molecule has 0 saturated carbocycles. The molecule has 1 heterocycles. The highest BCUT2D eigenvalue weighted by Gasteiger charge is 2.01. The summed E-state index contributed by atoms with van der Waals surface area (Å²) in [4.78, 5) is 12.2. The van der Waals surface area contributed by atoms with Crippen molar-refractivity contribution in [3.63, 3.8) is 0 Å². The lowest BCUT2D eigenvalue weighted by atomic mass is 10.3. The van der Waals surface area contributed by atoms with Crippen LogP contribution in [0.3, 0.4) is 0 Å². The quantitative estimate of drug-likeness (QED) is 0.654. The first-order valence-corrected chi connectivity index (χ1v) is 6.29. The zero-order valence-corrected chi connectivity index (χ0v) is 11.4. The molecule has 1 unspecified atom stereocenters. The average molecular weight is 272 g/mol. The van der Waals surface area contributed by atoms with E-state index < -0.39 is 12.1 Å². The monoisotopic (exact) mass is 272 g/mol. The number of aliphatic hydroxyl groups excluding tert-OH is 1. The van der Waals surface area contributed by atoms with Crippen LogP contribution in [0.15, 0.2) is 12.1 Å². The molecule has 96 valence electrons. The van der Waals surface area contributed by atoms with E-state index in [9.17, 15) is 9.90 Å². The zero-order chi connectivity index (χ0) is 14.1. The van der Waals surface area contributed by atoms with Gasteiger partial charge in [0.2, 0.25) is 0 Å². The molecule has 0 aliphatic carbocycles. The van der Waals surface area contributed by atoms with E-state index in [0.717, 1.165) is 9.75 Å². The van der Waals surface area contributed by atoms with Gasteiger partial charge in [-0.25, -0.2) is 0 Å². The second kappa shape index (κ2) is 8.01. The normalized spacial score (nSPS) is 9.84. The number of hydrogen-bond donors (Lipinski definition) is 1. The summed E-state index contributed by atoms with van der Waals surface area (Å²) in [5, 5.41) is 9.45. The van der Waals surface area contributed by atoms with Gasteiger partial charge in [0.1, 0.15) is 12.7 Å². The molecular weight excluding hydrogens is 260 g/mol. The summed E-state index contributed by atoms with van der Waals surface area (Å²) in [6.45, 7) is 2.89. The highest BCUT2D eigenvalue weighted by Crippen LogP contribution is 2.13. The summed E-state index contributed by atoms with van der Waals surface area (Å²) >= 11 is 1.42. The molecule has 4 heteroatoms. The molecular formula is C15H12O3S. The van der Waals surface area contributed by atoms with Crippen LogP contribution >= 0.6 is 11.3 Å². The molecule has 3 nitrogen and oxygen atoms in total. The van der Waals surface area contributed by atoms with Crippen molar-refractivity contribution < 1.29 is 14.6 Å². The van der Waals surface area contributed by atoms with E-state index in [1.54, 1.807) is 6.92 Å². The van der Waals surface area contributed by atoms with Crippen LogP contribution in [0.1, 0.15) is 23.6 Å². The van der Waals surface area contributed by atoms with Gasteiger partial charge in [-0.2, -0.15) is 0 Å². The Morgan fingerprint density at radius 3 is 2.68 bits per heavy atom. The van der Waals surface area contributed by atoms with Crippen molar-refractivity contribution in [2.45, 2.75) is 20.0 Å². The van der Waals surface area contributed by atoms with Crippen molar-refractivity contribution in [1.29, 1.82) is 0 Å². The first-order chi connectivity index (χ1) is 9.11. The van der Waals surface area contributed by atoms with Gasteiger partial charge in [-0.15, -0.1) is 11.3 Å². The molecule has 0 aliphatic rings. The predicted molar refractivity (Wildman–Crippen MR) is 74.2 cm³/mol. The molecule has 0 fully saturated rings. The summed E-state index contributed by atoms with van der Waals surface area (Å²) in [7, 11) is 0. The van der Waals surface area contributed by atoms with Crippen LogP contribution in [-0.4, -0.2) is 23.8 Å². The molecule has 0 bridgehead atoms. The number of ether oxygens (including phenoxy) is 1. The summed E-state index contributed by atoms with van der Waals surface area (Å²) < 4.78 is 4.64. The highest BCUT2D eigenvalue weighted by atomic mass is 32.1. The molecule has 1 aromatic rings. The second-order valence-electron chi connectivity index (χ2n) is 3.38. The van der Waals surface area contributed by atoms with Gasteiger partial charge in [0, 0.05) is 6.92 Å². The van der Waals surface area contributed by atoms with E-state index in [1.165, 1.54) is 18.3 Å². The van der Waals surface area contributed by atoms with Crippen LogP contribution in [0.25, 0.3) is 0 Å². The molecule has 0 radical (unpaired) electrons. The standard InChI is InChI=1S/C15H12O3S/c1-3-4-5-6-14-9-10-15(19-14)8-7-13(17)11-18-12(2)16/h9-10,13,17H,11H2,1-2H3. The topological polar surface area (TPSA) is 46.5 Å². The van der Waals surface area contributed by atoms with Crippen molar-refractivity contribution in [2.24, 2.45) is 0 Å². The number of rotatable bonds is 2. The SMILES string of the molecule is CC#CC#Cc1ccc(C#CC(O)COC(C)=O)s1. The molecule has 1 aromatic heterocycles. The minimum absolute atomic E-state index is 0.119. The number of hydrogen-bond acceptors (Lipinski definition) is 4. The van der Waals surface area contributed by atoms with E-state index in [0.29, 0.717) is 0 Å². The van der Waals surface area contributed by atoms with Crippen molar-refractivity contribution in [2.75, 3.05) is 6.61 Å². The number of thiophene rings is 1. The molecule has 0 spiro atoms. The Kier molecular flexibility index (Phi) is 6.27. The Morgan fingerprint density at radius 2 is 2.05 bits per heavy atom. The second-order valence-corrected chi connectivity index (χ2v) is 4.46. The molecule has 1 atom stereocenters. The minimum Gasteiger partial charge on any atom is -0.462 e. The maximum Gasteiger partial charge on any atom is 0.302 e. The summed E-state index contributed by atoms with van der Waals surface area (Å²) in [5.74, 6) is 15.9. The first kappa shape index (κ1) is 14.9. The van der Waals surface area contributed by atoms with Gasteiger partial charge >= 0.3 is 5.97 Å². The Labute approximate surface area is 116 Å². The zero-order valence-electron chi connectivity index (χ0n) is 10.6. The Morgan fingerprint density at radius 1 is 1.37 bits per heavy atom. The van der Waals surface area contributed by atoms with Crippen molar-refractivity contribution >= 4 is 17.3 Å². The lowest BCUT2D eigenvalue weighted by molar-refractivity contribution is -0.142. The number of carbonyl (C=O) groups is 1. The summed E-state index contributed by atoms with van der Waals surface area (Å²) in [6, 6.07) is 3.66. The van der Waals surface area contributed by atoms with Crippen LogP contribution < -0.4 is 0 Å². The van der Waals surface area contributed by atoms with Gasteiger partial charge in [-0.1, -0.05) is 17.8 Å². The third-order valence-electron chi connectivity index (χ3n) is 1.79. The predicted octanol–water partition coefficient (Wildman–Crippen LogP) is 1.40. The number of esters is 1. The lowest BCUT2D eigenvalue weighted by Crippen LogP contribution is -2.14. The van der Waals surface area contributed by atoms with Gasteiger partial charge in [0.15, 0.2) is 0 Å². The third kappa shape index (κ3) is 6.34. The van der Waals surface area contributed by atoms with E-state index >= 15 is 0 Å². The average Bonchev–Trinajstić information content (AvgIpc) is 2.82. The number of carbonyl (C=O) groups excluding carboxylic acids is 1. The van der Waals surface area contributed by atoms with E-state index in [1.807, 2.05) is 12.1 Å². The Hall–Kier alpha value is -2.19. The van der Waals surface area contributed by atoms with Crippen LogP contribution in [0.2, 0.25) is 0 Å². The maximum atomic E-state index is 10.5. The van der Waals surface area contributed by atoms with E-state index in [2.05, 4.69) is 40.3 Å². The summed E-state index contributed by atoms with van der Waals surface area (Å²) in [5.41, 5.74) is 0. The van der Waals surface area contributed by atoms with E-state index in [-0.39, 0.29) is 6.61 Å². The van der Waals surface area contributed by atoms with Gasteiger partial charge < -0.3 is 9.84 Å². The molecule has 0 aliphatic heterocycles. The Bertz CT molecular complexity index is 623. The lowest BCUT2D eigenvalue weighted by Gasteiger charge is -2.02. The molecule has 19 heavy (non-hydrogen) atoms. The fourth-order valence-corrected chi connectivity index (χ4v) is 1.74.